The van der Waals surface area contributed by atoms with E-state index in [1.165, 1.54) is 11.1 Å². The number of nitrogen functional groups attached to an aromatic ring is 1. The van der Waals surface area contributed by atoms with Crippen LogP contribution in [0.25, 0.3) is 0 Å². The number of amides is 1. The van der Waals surface area contributed by atoms with Gasteiger partial charge in [-0.15, -0.1) is 0 Å². The lowest BCUT2D eigenvalue weighted by atomic mass is 10.2. The van der Waals surface area contributed by atoms with Gasteiger partial charge in [0.05, 0.1) is 24.7 Å². The molecule has 0 aliphatic rings. The largest absolute Gasteiger partial charge is 0.497 e. The van der Waals surface area contributed by atoms with Crippen LogP contribution in [0, 0.1) is 0 Å². The van der Waals surface area contributed by atoms with Crippen LogP contribution in [0.3, 0.4) is 0 Å². The number of nitrogens with zero attached hydrogens (tertiary/aromatic N) is 2. The first-order chi connectivity index (χ1) is 9.13. The maximum Gasteiger partial charge on any atom is 0.258 e. The van der Waals surface area contributed by atoms with Crippen molar-refractivity contribution in [2.75, 3.05) is 24.8 Å². The smallest absolute Gasteiger partial charge is 0.258 e. The molecule has 1 amide bonds. The number of ether oxygens (including phenoxy) is 1. The summed E-state index contributed by atoms with van der Waals surface area (Å²) in [6.45, 7) is 0. The summed E-state index contributed by atoms with van der Waals surface area (Å²) in [4.78, 5) is 17.7. The number of hydrogen-bond donors (Lipinski definition) is 1. The fraction of sp³-hybridized carbons (Fsp3) is 0.143. The first-order valence-corrected chi connectivity index (χ1v) is 5.75. The summed E-state index contributed by atoms with van der Waals surface area (Å²) in [6, 6.07) is 8.63. The average molecular weight is 257 g/mol. The van der Waals surface area contributed by atoms with Crippen molar-refractivity contribution in [2.45, 2.75) is 0 Å². The molecule has 0 saturated heterocycles. The van der Waals surface area contributed by atoms with Crippen molar-refractivity contribution in [1.29, 1.82) is 0 Å². The number of hydrogen-bond acceptors (Lipinski definition) is 4. The summed E-state index contributed by atoms with van der Waals surface area (Å²) in [5, 5.41) is 0. The molecule has 1 aromatic carbocycles. The zero-order chi connectivity index (χ0) is 13.8. The van der Waals surface area contributed by atoms with Crippen molar-refractivity contribution in [3.63, 3.8) is 0 Å². The van der Waals surface area contributed by atoms with Gasteiger partial charge in [0.25, 0.3) is 5.91 Å². The van der Waals surface area contributed by atoms with E-state index in [2.05, 4.69) is 4.98 Å². The predicted molar refractivity (Wildman–Crippen MR) is 74.4 cm³/mol. The van der Waals surface area contributed by atoms with Crippen molar-refractivity contribution in [3.8, 4) is 5.75 Å². The Morgan fingerprint density at radius 1 is 1.26 bits per heavy atom. The van der Waals surface area contributed by atoms with Crippen LogP contribution in [0.15, 0.2) is 42.7 Å². The van der Waals surface area contributed by atoms with E-state index in [-0.39, 0.29) is 5.91 Å². The maximum absolute atomic E-state index is 12.3. The Morgan fingerprint density at radius 2 is 1.95 bits per heavy atom. The lowest BCUT2D eigenvalue weighted by Crippen LogP contribution is -2.27. The molecule has 0 saturated carbocycles. The average Bonchev–Trinajstić information content (AvgIpc) is 2.46. The van der Waals surface area contributed by atoms with E-state index < -0.39 is 0 Å². The second kappa shape index (κ2) is 5.39. The third-order valence-electron chi connectivity index (χ3n) is 2.83. The third-order valence-corrected chi connectivity index (χ3v) is 2.83. The Bertz CT molecular complexity index is 581. The van der Waals surface area contributed by atoms with Crippen LogP contribution in [-0.4, -0.2) is 25.0 Å². The molecule has 1 aromatic heterocycles. The van der Waals surface area contributed by atoms with E-state index in [4.69, 9.17) is 10.5 Å². The van der Waals surface area contributed by atoms with E-state index in [0.29, 0.717) is 22.7 Å². The van der Waals surface area contributed by atoms with Gasteiger partial charge in [-0.25, -0.2) is 0 Å². The molecule has 2 rings (SSSR count). The molecule has 2 N–H and O–H groups in total. The highest BCUT2D eigenvalue weighted by Crippen LogP contribution is 2.22. The molecule has 0 unspecified atom stereocenters. The molecule has 19 heavy (non-hydrogen) atoms. The Morgan fingerprint density at radius 3 is 2.53 bits per heavy atom. The van der Waals surface area contributed by atoms with E-state index >= 15 is 0 Å². The molecule has 2 aromatic rings. The number of nitrogens with two attached hydrogens (primary N) is 1. The lowest BCUT2D eigenvalue weighted by molar-refractivity contribution is 0.0993. The van der Waals surface area contributed by atoms with Gasteiger partial charge >= 0.3 is 0 Å². The molecule has 0 aliphatic carbocycles. The van der Waals surface area contributed by atoms with Crippen molar-refractivity contribution in [2.24, 2.45) is 0 Å². The van der Waals surface area contributed by atoms with Crippen LogP contribution in [0.4, 0.5) is 11.4 Å². The summed E-state index contributed by atoms with van der Waals surface area (Å²) in [6.07, 6.45) is 3.12. The molecule has 5 nitrogen and oxygen atoms in total. The number of carbonyl (C=O) groups excluding carboxylic acids is 1. The minimum atomic E-state index is -0.138. The molecule has 98 valence electrons. The molecule has 1 heterocycles. The van der Waals surface area contributed by atoms with Crippen molar-refractivity contribution in [3.05, 3.63) is 48.3 Å². The molecule has 0 aliphatic heterocycles. The Balaban J connectivity index is 2.26. The molecular formula is C14H15N3O2. The first kappa shape index (κ1) is 12.9. The molecule has 0 fully saturated rings. The van der Waals surface area contributed by atoms with Gasteiger partial charge in [-0.1, -0.05) is 0 Å². The SMILES string of the molecule is COc1ccc(C(=O)N(C)c2ccncc2N)cc1. The highest BCUT2D eigenvalue weighted by atomic mass is 16.5. The van der Waals surface area contributed by atoms with Gasteiger partial charge in [0.2, 0.25) is 0 Å². The van der Waals surface area contributed by atoms with E-state index in [0.717, 1.165) is 0 Å². The first-order valence-electron chi connectivity index (χ1n) is 5.75. The number of carbonyl (C=O) groups is 1. The van der Waals surface area contributed by atoms with Gasteiger partial charge in [-0.05, 0) is 30.3 Å². The monoisotopic (exact) mass is 257 g/mol. The van der Waals surface area contributed by atoms with Crippen molar-refractivity contribution in [1.82, 2.24) is 4.98 Å². The van der Waals surface area contributed by atoms with E-state index in [1.54, 1.807) is 50.7 Å². The second-order valence-corrected chi connectivity index (χ2v) is 4.03. The summed E-state index contributed by atoms with van der Waals surface area (Å²) in [7, 11) is 3.26. The number of rotatable bonds is 3. The van der Waals surface area contributed by atoms with Gasteiger partial charge in [0.15, 0.2) is 0 Å². The summed E-state index contributed by atoms with van der Waals surface area (Å²) >= 11 is 0. The fourth-order valence-electron chi connectivity index (χ4n) is 1.74. The third kappa shape index (κ3) is 2.65. The van der Waals surface area contributed by atoms with E-state index in [9.17, 15) is 4.79 Å². The number of anilines is 2. The molecule has 0 spiro atoms. The standard InChI is InChI=1S/C14H15N3O2/c1-17(13-7-8-16-9-12(13)15)14(18)10-3-5-11(19-2)6-4-10/h3-9H,15H2,1-2H3. The van der Waals surface area contributed by atoms with Crippen LogP contribution in [0.1, 0.15) is 10.4 Å². The molecule has 0 radical (unpaired) electrons. The number of methoxy groups -OCH3 is 1. The van der Waals surface area contributed by atoms with Crippen LogP contribution < -0.4 is 15.4 Å². The van der Waals surface area contributed by atoms with Gasteiger partial charge in [0.1, 0.15) is 5.75 Å². The van der Waals surface area contributed by atoms with Crippen molar-refractivity contribution >= 4 is 17.3 Å². The predicted octanol–water partition coefficient (Wildman–Crippen LogP) is 1.95. The Labute approximate surface area is 111 Å². The summed E-state index contributed by atoms with van der Waals surface area (Å²) in [5.41, 5.74) is 7.48. The number of pyridine rings is 1. The minimum absolute atomic E-state index is 0.138. The number of benzene rings is 1. The molecule has 5 heteroatoms. The van der Waals surface area contributed by atoms with Gasteiger partial charge in [-0.3, -0.25) is 9.78 Å². The Kier molecular flexibility index (Phi) is 3.66. The van der Waals surface area contributed by atoms with Gasteiger partial charge in [-0.2, -0.15) is 0 Å². The highest BCUT2D eigenvalue weighted by molar-refractivity contribution is 6.07. The molecule has 0 atom stereocenters. The lowest BCUT2D eigenvalue weighted by Gasteiger charge is -2.18. The van der Waals surface area contributed by atoms with Crippen LogP contribution in [-0.2, 0) is 0 Å². The maximum atomic E-state index is 12.3. The van der Waals surface area contributed by atoms with Gasteiger partial charge in [0, 0.05) is 18.8 Å². The second-order valence-electron chi connectivity index (χ2n) is 4.03. The quantitative estimate of drug-likeness (QED) is 0.912. The molecule has 0 bridgehead atoms. The zero-order valence-corrected chi connectivity index (χ0v) is 10.8. The normalized spacial score (nSPS) is 10.0. The number of aromatic nitrogens is 1. The summed E-state index contributed by atoms with van der Waals surface area (Å²) in [5.74, 6) is 0.572. The fourth-order valence-corrected chi connectivity index (χ4v) is 1.74. The topological polar surface area (TPSA) is 68.5 Å². The minimum Gasteiger partial charge on any atom is -0.497 e. The van der Waals surface area contributed by atoms with Crippen LogP contribution in [0.2, 0.25) is 0 Å². The molecular weight excluding hydrogens is 242 g/mol. The van der Waals surface area contributed by atoms with Gasteiger partial charge < -0.3 is 15.4 Å². The summed E-state index contributed by atoms with van der Waals surface area (Å²) < 4.78 is 5.06. The highest BCUT2D eigenvalue weighted by Gasteiger charge is 2.15. The Hall–Kier alpha value is -2.56. The van der Waals surface area contributed by atoms with Crippen LogP contribution >= 0.6 is 0 Å². The van der Waals surface area contributed by atoms with Crippen molar-refractivity contribution < 1.29 is 9.53 Å². The van der Waals surface area contributed by atoms with Crippen LogP contribution in [0.5, 0.6) is 5.75 Å². The zero-order valence-electron chi connectivity index (χ0n) is 10.8. The van der Waals surface area contributed by atoms with E-state index in [1.807, 2.05) is 0 Å².